The van der Waals surface area contributed by atoms with Gasteiger partial charge in [-0.2, -0.15) is 5.26 Å². The summed E-state index contributed by atoms with van der Waals surface area (Å²) in [5, 5.41) is 24.3. The Bertz CT molecular complexity index is 745. The van der Waals surface area contributed by atoms with E-state index in [9.17, 15) is 20.0 Å². The average Bonchev–Trinajstić information content (AvgIpc) is 2.90. The molecule has 1 aromatic heterocycles. The second kappa shape index (κ2) is 7.83. The zero-order chi connectivity index (χ0) is 17.8. The third-order valence-electron chi connectivity index (χ3n) is 5.09. The van der Waals surface area contributed by atoms with Crippen LogP contribution >= 0.6 is 11.3 Å². The van der Waals surface area contributed by atoms with Crippen LogP contribution in [-0.2, 0) is 22.4 Å². The van der Waals surface area contributed by atoms with E-state index in [1.807, 2.05) is 6.08 Å². The summed E-state index contributed by atoms with van der Waals surface area (Å²) in [4.78, 5) is 25.2. The molecule has 0 radical (unpaired) electrons. The second-order valence-electron chi connectivity index (χ2n) is 6.70. The number of carbonyl (C=O) groups is 2. The number of carbonyl (C=O) groups excluding carboxylic acids is 2. The van der Waals surface area contributed by atoms with Crippen molar-refractivity contribution in [2.75, 3.05) is 5.32 Å². The maximum Gasteiger partial charge on any atom is 0.229 e. The number of hydrogen-bond acceptors (Lipinski definition) is 5. The summed E-state index contributed by atoms with van der Waals surface area (Å²) in [5.41, 5.74) is 1.63. The van der Waals surface area contributed by atoms with E-state index in [-0.39, 0.29) is 5.91 Å². The number of aliphatic carboxylic acids is 1. The molecule has 132 valence electrons. The molecule has 0 aromatic carbocycles. The molecule has 0 aliphatic heterocycles. The van der Waals surface area contributed by atoms with Crippen molar-refractivity contribution in [3.8, 4) is 6.07 Å². The molecule has 3 rings (SSSR count). The first-order chi connectivity index (χ1) is 12.1. The van der Waals surface area contributed by atoms with Crippen molar-refractivity contribution in [2.24, 2.45) is 11.8 Å². The zero-order valence-corrected chi connectivity index (χ0v) is 14.9. The summed E-state index contributed by atoms with van der Waals surface area (Å²) in [6.45, 7) is 0. The highest BCUT2D eigenvalue weighted by atomic mass is 32.1. The van der Waals surface area contributed by atoms with E-state index in [0.717, 1.165) is 31.2 Å². The summed E-state index contributed by atoms with van der Waals surface area (Å²) >= 11 is 1.48. The van der Waals surface area contributed by atoms with Crippen molar-refractivity contribution < 1.29 is 14.7 Å². The Kier molecular flexibility index (Phi) is 5.54. The highest BCUT2D eigenvalue weighted by Gasteiger charge is 2.31. The standard InChI is InChI=1S/C19H22N2O3S/c20-11-15-12-7-3-1-2-4-10-16(12)25-18(15)21-17(22)13-8-5-6-9-14(13)19(23)24/h5-6,13-14H,1-4,7-10H2,(H,21,22)(H,23,24)/p-1/t13-,14-/m0/s1. The van der Waals surface area contributed by atoms with Gasteiger partial charge in [-0.25, -0.2) is 0 Å². The van der Waals surface area contributed by atoms with Crippen molar-refractivity contribution in [3.05, 3.63) is 28.2 Å². The van der Waals surface area contributed by atoms with Gasteiger partial charge in [-0.3, -0.25) is 4.79 Å². The quantitative estimate of drug-likeness (QED) is 0.841. The largest absolute Gasteiger partial charge is 0.550 e. The smallest absolute Gasteiger partial charge is 0.229 e. The summed E-state index contributed by atoms with van der Waals surface area (Å²) < 4.78 is 0. The van der Waals surface area contributed by atoms with Gasteiger partial charge in [0.1, 0.15) is 11.1 Å². The molecule has 25 heavy (non-hydrogen) atoms. The molecule has 2 aliphatic carbocycles. The molecule has 1 amide bonds. The summed E-state index contributed by atoms with van der Waals surface area (Å²) in [6, 6.07) is 2.25. The lowest BCUT2D eigenvalue weighted by atomic mass is 9.82. The molecule has 1 heterocycles. The van der Waals surface area contributed by atoms with E-state index in [2.05, 4.69) is 11.4 Å². The van der Waals surface area contributed by atoms with Crippen LogP contribution in [0.25, 0.3) is 0 Å². The summed E-state index contributed by atoms with van der Waals surface area (Å²) in [7, 11) is 0. The Balaban J connectivity index is 1.83. The number of nitrogens with one attached hydrogen (secondary N) is 1. The van der Waals surface area contributed by atoms with Gasteiger partial charge >= 0.3 is 0 Å². The Hall–Kier alpha value is -2.13. The van der Waals surface area contributed by atoms with E-state index in [4.69, 9.17) is 0 Å². The highest BCUT2D eigenvalue weighted by Crippen LogP contribution is 2.37. The normalized spacial score (nSPS) is 23.0. The van der Waals surface area contributed by atoms with Crippen LogP contribution in [0.4, 0.5) is 5.00 Å². The van der Waals surface area contributed by atoms with E-state index >= 15 is 0 Å². The molecule has 1 aromatic rings. The Labute approximate surface area is 151 Å². The number of thiophene rings is 1. The lowest BCUT2D eigenvalue weighted by Gasteiger charge is -2.28. The fraction of sp³-hybridized carbons (Fsp3) is 0.526. The van der Waals surface area contributed by atoms with Crippen molar-refractivity contribution >= 4 is 28.2 Å². The summed E-state index contributed by atoms with van der Waals surface area (Å²) in [6.07, 6.45) is 10.7. The Morgan fingerprint density at radius 2 is 1.80 bits per heavy atom. The van der Waals surface area contributed by atoms with Crippen LogP contribution in [-0.4, -0.2) is 11.9 Å². The maximum absolute atomic E-state index is 12.7. The topological polar surface area (TPSA) is 93.0 Å². The van der Waals surface area contributed by atoms with Crippen LogP contribution in [0.1, 0.15) is 54.5 Å². The number of carboxylic acid groups (broad SMARTS) is 1. The van der Waals surface area contributed by atoms with Gasteiger partial charge in [0, 0.05) is 16.8 Å². The Morgan fingerprint density at radius 3 is 2.48 bits per heavy atom. The van der Waals surface area contributed by atoms with Crippen LogP contribution in [0.3, 0.4) is 0 Å². The van der Waals surface area contributed by atoms with Crippen molar-refractivity contribution in [1.29, 1.82) is 5.26 Å². The number of aryl methyl sites for hydroxylation is 1. The van der Waals surface area contributed by atoms with Gasteiger partial charge in [-0.05, 0) is 44.1 Å². The van der Waals surface area contributed by atoms with E-state index < -0.39 is 17.8 Å². The fourth-order valence-electron chi connectivity index (χ4n) is 3.69. The number of nitriles is 1. The first kappa shape index (κ1) is 17.7. The fourth-order valence-corrected chi connectivity index (χ4v) is 4.94. The van der Waals surface area contributed by atoms with Gasteiger partial charge in [0.15, 0.2) is 0 Å². The lowest BCUT2D eigenvalue weighted by molar-refractivity contribution is -0.313. The number of carboxylic acids is 1. The SMILES string of the molecule is N#Cc1c(NC(=O)[C@H]2CC=CC[C@@H]2C(=O)[O-])sc2c1CCCCCC2. The van der Waals surface area contributed by atoms with E-state index in [1.165, 1.54) is 29.1 Å². The minimum atomic E-state index is -1.19. The molecule has 0 fully saturated rings. The maximum atomic E-state index is 12.7. The van der Waals surface area contributed by atoms with Gasteiger partial charge in [0.2, 0.25) is 5.91 Å². The predicted octanol–water partition coefficient (Wildman–Crippen LogP) is 2.55. The van der Waals surface area contributed by atoms with Crippen LogP contribution in [0, 0.1) is 23.2 Å². The molecule has 1 N–H and O–H groups in total. The Morgan fingerprint density at radius 1 is 1.12 bits per heavy atom. The lowest BCUT2D eigenvalue weighted by Crippen LogP contribution is -2.41. The number of nitrogens with zero attached hydrogens (tertiary/aromatic N) is 1. The monoisotopic (exact) mass is 357 g/mol. The molecule has 0 saturated heterocycles. The van der Waals surface area contributed by atoms with Crippen LogP contribution < -0.4 is 10.4 Å². The molecule has 6 heteroatoms. The molecule has 0 spiro atoms. The van der Waals surface area contributed by atoms with Crippen LogP contribution in [0.5, 0.6) is 0 Å². The van der Waals surface area contributed by atoms with Crippen molar-refractivity contribution in [2.45, 2.75) is 51.4 Å². The molecule has 5 nitrogen and oxygen atoms in total. The zero-order valence-electron chi connectivity index (χ0n) is 14.0. The third-order valence-corrected chi connectivity index (χ3v) is 6.30. The number of fused-ring (bicyclic) bond motifs is 1. The molecule has 2 aliphatic rings. The first-order valence-electron chi connectivity index (χ1n) is 8.83. The number of allylic oxidation sites excluding steroid dienone is 2. The number of hydrogen-bond donors (Lipinski definition) is 1. The molecular formula is C19H21N2O3S-. The molecule has 2 atom stereocenters. The molecule has 0 saturated carbocycles. The van der Waals surface area contributed by atoms with Crippen LogP contribution in [0.15, 0.2) is 12.2 Å². The van der Waals surface area contributed by atoms with Gasteiger partial charge in [-0.15, -0.1) is 11.3 Å². The number of anilines is 1. The van der Waals surface area contributed by atoms with Gasteiger partial charge < -0.3 is 15.2 Å². The van der Waals surface area contributed by atoms with Gasteiger partial charge in [0.05, 0.1) is 11.5 Å². The van der Waals surface area contributed by atoms with Gasteiger partial charge in [-0.1, -0.05) is 25.0 Å². The second-order valence-corrected chi connectivity index (χ2v) is 7.80. The van der Waals surface area contributed by atoms with Gasteiger partial charge in [0.25, 0.3) is 0 Å². The minimum Gasteiger partial charge on any atom is -0.550 e. The van der Waals surface area contributed by atoms with E-state index in [0.29, 0.717) is 23.4 Å². The molecule has 0 unspecified atom stereocenters. The average molecular weight is 357 g/mol. The van der Waals surface area contributed by atoms with Crippen LogP contribution in [0.2, 0.25) is 0 Å². The predicted molar refractivity (Wildman–Crippen MR) is 93.9 cm³/mol. The first-order valence-corrected chi connectivity index (χ1v) is 9.64. The number of amides is 1. The third kappa shape index (κ3) is 3.77. The highest BCUT2D eigenvalue weighted by molar-refractivity contribution is 7.16. The van der Waals surface area contributed by atoms with E-state index in [1.54, 1.807) is 6.08 Å². The minimum absolute atomic E-state index is 0.312. The molecule has 0 bridgehead atoms. The van der Waals surface area contributed by atoms with Crippen molar-refractivity contribution in [1.82, 2.24) is 0 Å². The molecular weight excluding hydrogens is 336 g/mol. The summed E-state index contributed by atoms with van der Waals surface area (Å²) in [5.74, 6) is -2.98. The number of rotatable bonds is 3. The van der Waals surface area contributed by atoms with Crippen molar-refractivity contribution in [3.63, 3.8) is 0 Å².